The van der Waals surface area contributed by atoms with Crippen LogP contribution < -0.4 is 15.4 Å². The van der Waals surface area contributed by atoms with Gasteiger partial charge in [0, 0.05) is 12.6 Å². The minimum Gasteiger partial charge on any atom is -0.490 e. The Morgan fingerprint density at radius 1 is 1.04 bits per heavy atom. The zero-order valence-electron chi connectivity index (χ0n) is 16.0. The first-order valence-corrected chi connectivity index (χ1v) is 8.94. The molecule has 2 N–H and O–H groups in total. The number of benzene rings is 2. The van der Waals surface area contributed by atoms with E-state index in [0.717, 1.165) is 16.9 Å². The van der Waals surface area contributed by atoms with Gasteiger partial charge in [-0.1, -0.05) is 24.3 Å². The molecule has 2 aromatic carbocycles. The quantitative estimate of drug-likeness (QED) is 0.551. The molecule has 144 valence electrons. The van der Waals surface area contributed by atoms with Gasteiger partial charge in [-0.2, -0.15) is 0 Å². The van der Waals surface area contributed by atoms with E-state index in [2.05, 4.69) is 10.6 Å². The normalized spacial score (nSPS) is 10.4. The smallest absolute Gasteiger partial charge is 0.338 e. The molecular formula is C21H26N2O4. The van der Waals surface area contributed by atoms with Gasteiger partial charge in [0.05, 0.1) is 5.56 Å². The van der Waals surface area contributed by atoms with Gasteiger partial charge in [0.2, 0.25) is 0 Å². The molecule has 6 heteroatoms. The molecule has 0 saturated carbocycles. The van der Waals surface area contributed by atoms with Gasteiger partial charge in [0.15, 0.2) is 0 Å². The minimum atomic E-state index is -0.403. The molecule has 2 rings (SSSR count). The second kappa shape index (κ2) is 10.2. The number of ether oxygens (including phenoxy) is 2. The van der Waals surface area contributed by atoms with Crippen molar-refractivity contribution in [2.45, 2.75) is 33.4 Å². The second-order valence-electron chi connectivity index (χ2n) is 6.48. The maximum absolute atomic E-state index is 12.1. The number of hydrogen-bond acceptors (Lipinski definition) is 4. The van der Waals surface area contributed by atoms with E-state index in [1.807, 2.05) is 45.0 Å². The summed E-state index contributed by atoms with van der Waals surface area (Å²) >= 11 is 0. The molecule has 0 heterocycles. The molecule has 0 aliphatic carbocycles. The number of aryl methyl sites for hydroxylation is 1. The Morgan fingerprint density at radius 2 is 1.78 bits per heavy atom. The molecule has 0 unspecified atom stereocenters. The molecule has 0 radical (unpaired) electrons. The van der Waals surface area contributed by atoms with Crippen LogP contribution >= 0.6 is 0 Å². The Hall–Kier alpha value is -3.02. The first-order valence-electron chi connectivity index (χ1n) is 8.94. The van der Waals surface area contributed by atoms with Crippen LogP contribution in [0.5, 0.6) is 5.75 Å². The summed E-state index contributed by atoms with van der Waals surface area (Å²) in [7, 11) is 0. The van der Waals surface area contributed by atoms with Crippen molar-refractivity contribution in [1.29, 1.82) is 0 Å². The number of urea groups is 1. The molecule has 0 saturated heterocycles. The lowest BCUT2D eigenvalue weighted by atomic mass is 10.1. The summed E-state index contributed by atoms with van der Waals surface area (Å²) < 4.78 is 10.8. The summed E-state index contributed by atoms with van der Waals surface area (Å²) in [5.41, 5.74) is 2.47. The fourth-order valence-corrected chi connectivity index (χ4v) is 2.34. The number of carbonyl (C=O) groups excluding carboxylic acids is 2. The van der Waals surface area contributed by atoms with Crippen LogP contribution in [0.2, 0.25) is 0 Å². The average molecular weight is 370 g/mol. The third-order valence-electron chi connectivity index (χ3n) is 3.64. The van der Waals surface area contributed by atoms with Crippen LogP contribution in [-0.4, -0.2) is 31.3 Å². The summed E-state index contributed by atoms with van der Waals surface area (Å²) in [5.74, 6) is 0.351. The van der Waals surface area contributed by atoms with Crippen molar-refractivity contribution < 1.29 is 19.1 Å². The molecule has 27 heavy (non-hydrogen) atoms. The van der Waals surface area contributed by atoms with Crippen molar-refractivity contribution >= 4 is 12.0 Å². The van der Waals surface area contributed by atoms with Crippen molar-refractivity contribution in [3.63, 3.8) is 0 Å². The van der Waals surface area contributed by atoms with Gasteiger partial charge >= 0.3 is 12.0 Å². The Morgan fingerprint density at radius 3 is 2.44 bits per heavy atom. The Bertz CT molecular complexity index is 757. The zero-order valence-corrected chi connectivity index (χ0v) is 16.0. The van der Waals surface area contributed by atoms with E-state index in [1.165, 1.54) is 0 Å². The molecule has 0 bridgehead atoms. The van der Waals surface area contributed by atoms with E-state index in [1.54, 1.807) is 24.3 Å². The van der Waals surface area contributed by atoms with Crippen molar-refractivity contribution in [3.8, 4) is 5.75 Å². The summed E-state index contributed by atoms with van der Waals surface area (Å²) in [6.45, 7) is 6.63. The van der Waals surface area contributed by atoms with Gasteiger partial charge < -0.3 is 20.1 Å². The number of nitrogens with one attached hydrogen (secondary N) is 2. The van der Waals surface area contributed by atoms with Gasteiger partial charge in [0.1, 0.15) is 19.0 Å². The van der Waals surface area contributed by atoms with Gasteiger partial charge in [-0.05, 0) is 56.2 Å². The average Bonchev–Trinajstić information content (AvgIpc) is 2.63. The third-order valence-corrected chi connectivity index (χ3v) is 3.64. The lowest BCUT2D eigenvalue weighted by Gasteiger charge is -2.10. The van der Waals surface area contributed by atoms with Gasteiger partial charge in [-0.15, -0.1) is 0 Å². The number of amides is 2. The zero-order chi connectivity index (χ0) is 19.6. The molecule has 0 aromatic heterocycles. The molecule has 0 aliphatic rings. The molecule has 0 spiro atoms. The highest BCUT2D eigenvalue weighted by molar-refractivity contribution is 5.89. The van der Waals surface area contributed by atoms with Gasteiger partial charge in [0.25, 0.3) is 0 Å². The molecule has 6 nitrogen and oxygen atoms in total. The van der Waals surface area contributed by atoms with E-state index in [4.69, 9.17) is 9.47 Å². The lowest BCUT2D eigenvalue weighted by molar-refractivity contribution is 0.0450. The highest BCUT2D eigenvalue weighted by Crippen LogP contribution is 2.12. The van der Waals surface area contributed by atoms with E-state index < -0.39 is 5.97 Å². The molecule has 0 fully saturated rings. The SMILES string of the molecule is Cc1cccc(OCCOC(=O)c2ccc(CNC(=O)NC(C)C)cc2)c1. The number of esters is 1. The first-order chi connectivity index (χ1) is 12.9. The summed E-state index contributed by atoms with van der Waals surface area (Å²) in [4.78, 5) is 23.6. The van der Waals surface area contributed by atoms with E-state index in [-0.39, 0.29) is 18.7 Å². The van der Waals surface area contributed by atoms with Crippen LogP contribution in [0.4, 0.5) is 4.79 Å². The second-order valence-corrected chi connectivity index (χ2v) is 6.48. The summed E-state index contributed by atoms with van der Waals surface area (Å²) in [5, 5.41) is 5.51. The van der Waals surface area contributed by atoms with E-state index in [0.29, 0.717) is 18.7 Å². The molecule has 2 aromatic rings. The van der Waals surface area contributed by atoms with Crippen molar-refractivity contribution in [2.24, 2.45) is 0 Å². The number of rotatable bonds is 8. The van der Waals surface area contributed by atoms with Crippen molar-refractivity contribution in [2.75, 3.05) is 13.2 Å². The predicted molar refractivity (Wildman–Crippen MR) is 104 cm³/mol. The van der Waals surface area contributed by atoms with Gasteiger partial charge in [-0.3, -0.25) is 0 Å². The summed E-state index contributed by atoms with van der Waals surface area (Å²) in [6.07, 6.45) is 0. The number of hydrogen-bond donors (Lipinski definition) is 2. The Labute approximate surface area is 159 Å². The van der Waals surface area contributed by atoms with Crippen LogP contribution in [0.3, 0.4) is 0 Å². The van der Waals surface area contributed by atoms with Crippen molar-refractivity contribution in [3.05, 3.63) is 65.2 Å². The highest BCUT2D eigenvalue weighted by atomic mass is 16.6. The highest BCUT2D eigenvalue weighted by Gasteiger charge is 2.08. The van der Waals surface area contributed by atoms with Crippen LogP contribution in [0.25, 0.3) is 0 Å². The van der Waals surface area contributed by atoms with Gasteiger partial charge in [-0.25, -0.2) is 9.59 Å². The maximum Gasteiger partial charge on any atom is 0.338 e. The Kier molecular flexibility index (Phi) is 7.67. The fourth-order valence-electron chi connectivity index (χ4n) is 2.34. The van der Waals surface area contributed by atoms with Crippen molar-refractivity contribution in [1.82, 2.24) is 10.6 Å². The molecular weight excluding hydrogens is 344 g/mol. The predicted octanol–water partition coefficient (Wildman–Crippen LogP) is 3.44. The molecule has 2 amide bonds. The topological polar surface area (TPSA) is 76.7 Å². The standard InChI is InChI=1S/C21H26N2O4/c1-15(2)23-21(25)22-14-17-7-9-18(10-8-17)20(24)27-12-11-26-19-6-4-5-16(3)13-19/h4-10,13,15H,11-12,14H2,1-3H3,(H2,22,23,25). The monoisotopic (exact) mass is 370 g/mol. The Balaban J connectivity index is 1.72. The van der Waals surface area contributed by atoms with Crippen LogP contribution in [-0.2, 0) is 11.3 Å². The fraction of sp³-hybridized carbons (Fsp3) is 0.333. The van der Waals surface area contributed by atoms with Crippen LogP contribution in [0.1, 0.15) is 35.3 Å². The summed E-state index contributed by atoms with van der Waals surface area (Å²) in [6, 6.07) is 14.5. The lowest BCUT2D eigenvalue weighted by Crippen LogP contribution is -2.39. The molecule has 0 aliphatic heterocycles. The van der Waals surface area contributed by atoms with E-state index >= 15 is 0 Å². The number of carbonyl (C=O) groups is 2. The third kappa shape index (κ3) is 7.40. The van der Waals surface area contributed by atoms with Crippen LogP contribution in [0, 0.1) is 6.92 Å². The van der Waals surface area contributed by atoms with Crippen LogP contribution in [0.15, 0.2) is 48.5 Å². The first kappa shape index (κ1) is 20.3. The minimum absolute atomic E-state index is 0.0806. The van der Waals surface area contributed by atoms with E-state index in [9.17, 15) is 9.59 Å². The maximum atomic E-state index is 12.1. The largest absolute Gasteiger partial charge is 0.490 e. The molecule has 0 atom stereocenters.